The number of fused-ring (bicyclic) bond motifs is 1. The van der Waals surface area contributed by atoms with E-state index >= 15 is 0 Å². The maximum atomic E-state index is 12.5. The molecule has 2 aromatic rings. The second kappa shape index (κ2) is 11.5. The van der Waals surface area contributed by atoms with Gasteiger partial charge in [-0.05, 0) is 49.1 Å². The summed E-state index contributed by atoms with van der Waals surface area (Å²) >= 11 is 0. The van der Waals surface area contributed by atoms with Crippen molar-refractivity contribution in [2.24, 2.45) is 0 Å². The van der Waals surface area contributed by atoms with Gasteiger partial charge in [-0.2, -0.15) is 0 Å². The predicted molar refractivity (Wildman–Crippen MR) is 118 cm³/mol. The van der Waals surface area contributed by atoms with Crippen LogP contribution in [-0.2, 0) is 9.53 Å². The Labute approximate surface area is 181 Å². The number of carbonyl (C=O) groups excluding carboxylic acids is 2. The maximum Gasteiger partial charge on any atom is 0.342 e. The van der Waals surface area contributed by atoms with Crippen LogP contribution in [0.3, 0.4) is 0 Å². The summed E-state index contributed by atoms with van der Waals surface area (Å²) in [6.07, 6.45) is 10.8. The Bertz CT molecular complexity index is 954. The van der Waals surface area contributed by atoms with Crippen LogP contribution in [0.1, 0.15) is 41.6 Å². The van der Waals surface area contributed by atoms with Crippen LogP contribution in [0.15, 0.2) is 54.8 Å². The lowest BCUT2D eigenvalue weighted by Gasteiger charge is -2.13. The second-order valence-corrected chi connectivity index (χ2v) is 6.98. The number of aromatic nitrogens is 1. The molecular weight excluding hydrogens is 396 g/mol. The Kier molecular flexibility index (Phi) is 8.22. The monoisotopic (exact) mass is 422 g/mol. The fourth-order valence-electron chi connectivity index (χ4n) is 3.07. The third-order valence-corrected chi connectivity index (χ3v) is 4.58. The number of nitrogens with zero attached hydrogens (tertiary/aromatic N) is 1. The molecule has 0 atom stereocenters. The molecule has 0 bridgehead atoms. The fourth-order valence-corrected chi connectivity index (χ4v) is 3.07. The lowest BCUT2D eigenvalue weighted by atomic mass is 10.0. The molecule has 162 valence electrons. The molecule has 0 unspecified atom stereocenters. The number of aromatic hydroxyl groups is 1. The Balaban J connectivity index is 1.70. The molecule has 1 aliphatic rings. The largest absolute Gasteiger partial charge is 0.507 e. The summed E-state index contributed by atoms with van der Waals surface area (Å²) < 4.78 is 11.0. The van der Waals surface area contributed by atoms with Crippen molar-refractivity contribution in [2.45, 2.75) is 25.7 Å². The summed E-state index contributed by atoms with van der Waals surface area (Å²) in [7, 11) is 0. The molecule has 0 saturated heterocycles. The van der Waals surface area contributed by atoms with Gasteiger partial charge in [0.1, 0.15) is 29.5 Å². The number of esters is 1. The van der Waals surface area contributed by atoms with Crippen LogP contribution in [0.4, 0.5) is 5.82 Å². The highest BCUT2D eigenvalue weighted by Gasteiger charge is 2.18. The average Bonchev–Trinajstić information content (AvgIpc) is 2.76. The van der Waals surface area contributed by atoms with Crippen LogP contribution in [0.2, 0.25) is 0 Å². The Morgan fingerprint density at radius 3 is 2.84 bits per heavy atom. The van der Waals surface area contributed by atoms with Crippen LogP contribution in [-0.4, -0.2) is 41.6 Å². The minimum absolute atomic E-state index is 0.0600. The van der Waals surface area contributed by atoms with E-state index in [2.05, 4.69) is 10.3 Å². The number of nitrogens with one attached hydrogen (secondary N) is 1. The standard InChI is InChI=1S/C24H26N2O5/c27-19-9-3-1-2-8-18-16-20(30-15-13-26-22-11-4-6-12-25-22)17-21(28)23(18)24(29)31-14-7-5-10-19/h2,4-6,8,10-12,16-17,28H,1,3,7,9,13-15H2,(H,25,26)/b8-2+,10-5-. The van der Waals surface area contributed by atoms with Crippen molar-refractivity contribution in [3.8, 4) is 11.5 Å². The molecule has 0 fully saturated rings. The molecule has 2 heterocycles. The first kappa shape index (κ1) is 22.1. The molecule has 0 aliphatic carbocycles. The zero-order valence-corrected chi connectivity index (χ0v) is 17.3. The molecule has 0 radical (unpaired) electrons. The zero-order valence-electron chi connectivity index (χ0n) is 17.3. The van der Waals surface area contributed by atoms with Gasteiger partial charge in [0.15, 0.2) is 5.78 Å². The quantitative estimate of drug-likeness (QED) is 0.552. The first-order chi connectivity index (χ1) is 15.1. The van der Waals surface area contributed by atoms with E-state index in [-0.39, 0.29) is 23.7 Å². The number of allylic oxidation sites excluding steroid dienone is 2. The zero-order chi connectivity index (χ0) is 21.9. The summed E-state index contributed by atoms with van der Waals surface area (Å²) in [6.45, 7) is 0.994. The number of phenolic OH excluding ortho intramolecular Hbond substituents is 1. The van der Waals surface area contributed by atoms with E-state index in [1.807, 2.05) is 24.3 Å². The third kappa shape index (κ3) is 6.99. The van der Waals surface area contributed by atoms with Crippen LogP contribution in [0.5, 0.6) is 11.5 Å². The summed E-state index contributed by atoms with van der Waals surface area (Å²) in [5, 5.41) is 13.6. The van der Waals surface area contributed by atoms with Gasteiger partial charge in [0, 0.05) is 18.7 Å². The van der Waals surface area contributed by atoms with E-state index in [9.17, 15) is 14.7 Å². The molecule has 2 N–H and O–H groups in total. The van der Waals surface area contributed by atoms with Crippen molar-refractivity contribution in [2.75, 3.05) is 25.1 Å². The van der Waals surface area contributed by atoms with Gasteiger partial charge in [0.2, 0.25) is 0 Å². The van der Waals surface area contributed by atoms with Crippen molar-refractivity contribution < 1.29 is 24.2 Å². The van der Waals surface area contributed by atoms with Gasteiger partial charge in [0.05, 0.1) is 13.2 Å². The average molecular weight is 422 g/mol. The number of anilines is 1. The van der Waals surface area contributed by atoms with Gasteiger partial charge in [-0.1, -0.05) is 24.3 Å². The van der Waals surface area contributed by atoms with E-state index in [1.165, 1.54) is 12.1 Å². The number of carbonyl (C=O) groups is 2. The van der Waals surface area contributed by atoms with Gasteiger partial charge in [-0.15, -0.1) is 0 Å². The number of benzene rings is 1. The summed E-state index contributed by atoms with van der Waals surface area (Å²) in [4.78, 5) is 28.4. The van der Waals surface area contributed by atoms with Crippen molar-refractivity contribution in [3.63, 3.8) is 0 Å². The van der Waals surface area contributed by atoms with Gasteiger partial charge in [-0.3, -0.25) is 4.79 Å². The molecular formula is C24H26N2O5. The number of ketones is 1. The van der Waals surface area contributed by atoms with Crippen LogP contribution >= 0.6 is 0 Å². The molecule has 31 heavy (non-hydrogen) atoms. The summed E-state index contributed by atoms with van der Waals surface area (Å²) in [6, 6.07) is 8.70. The van der Waals surface area contributed by atoms with Crippen molar-refractivity contribution >= 4 is 23.6 Å². The third-order valence-electron chi connectivity index (χ3n) is 4.58. The molecule has 7 heteroatoms. The lowest BCUT2D eigenvalue weighted by molar-refractivity contribution is -0.114. The van der Waals surface area contributed by atoms with E-state index in [4.69, 9.17) is 9.47 Å². The number of hydrogen-bond acceptors (Lipinski definition) is 7. The number of pyridine rings is 1. The first-order valence-corrected chi connectivity index (χ1v) is 10.3. The van der Waals surface area contributed by atoms with Crippen molar-refractivity contribution in [3.05, 3.63) is 65.9 Å². The van der Waals surface area contributed by atoms with Gasteiger partial charge in [0.25, 0.3) is 0 Å². The molecule has 0 amide bonds. The number of ether oxygens (including phenoxy) is 2. The van der Waals surface area contributed by atoms with Gasteiger partial charge < -0.3 is 19.9 Å². The smallest absolute Gasteiger partial charge is 0.342 e. The van der Waals surface area contributed by atoms with Gasteiger partial charge >= 0.3 is 5.97 Å². The second-order valence-electron chi connectivity index (χ2n) is 6.98. The van der Waals surface area contributed by atoms with Crippen LogP contribution in [0, 0.1) is 0 Å². The molecule has 0 saturated carbocycles. The molecule has 0 spiro atoms. The topological polar surface area (TPSA) is 97.8 Å². The van der Waals surface area contributed by atoms with E-state index in [0.29, 0.717) is 50.1 Å². The minimum atomic E-state index is -0.614. The normalized spacial score (nSPS) is 17.0. The van der Waals surface area contributed by atoms with Crippen molar-refractivity contribution in [1.29, 1.82) is 0 Å². The Hall–Kier alpha value is -3.61. The van der Waals surface area contributed by atoms with E-state index in [1.54, 1.807) is 24.4 Å². The highest BCUT2D eigenvalue weighted by Crippen LogP contribution is 2.30. The highest BCUT2D eigenvalue weighted by atomic mass is 16.5. The Morgan fingerprint density at radius 2 is 2.00 bits per heavy atom. The SMILES string of the molecule is O=C1/C=C\CCOC(=O)c2c(O)cc(OCCNc3ccccn3)cc2/C=C/CCC1. The van der Waals surface area contributed by atoms with E-state index < -0.39 is 5.97 Å². The number of phenols is 1. The van der Waals surface area contributed by atoms with E-state index in [0.717, 1.165) is 5.82 Å². The van der Waals surface area contributed by atoms with Crippen molar-refractivity contribution in [1.82, 2.24) is 4.98 Å². The predicted octanol–water partition coefficient (Wildman–Crippen LogP) is 4.15. The van der Waals surface area contributed by atoms with Crippen LogP contribution < -0.4 is 10.1 Å². The Morgan fingerprint density at radius 1 is 1.13 bits per heavy atom. The maximum absolute atomic E-state index is 12.5. The highest BCUT2D eigenvalue weighted by molar-refractivity contribution is 5.97. The molecule has 1 aromatic carbocycles. The number of hydrogen-bond donors (Lipinski definition) is 2. The fraction of sp³-hybridized carbons (Fsp3) is 0.292. The summed E-state index contributed by atoms with van der Waals surface area (Å²) in [5.41, 5.74) is 0.615. The minimum Gasteiger partial charge on any atom is -0.507 e. The molecule has 3 rings (SSSR count). The number of cyclic esters (lactones) is 1. The molecule has 1 aliphatic heterocycles. The molecule has 7 nitrogen and oxygen atoms in total. The van der Waals surface area contributed by atoms with Gasteiger partial charge in [-0.25, -0.2) is 9.78 Å². The number of rotatable bonds is 5. The first-order valence-electron chi connectivity index (χ1n) is 10.3. The van der Waals surface area contributed by atoms with Crippen LogP contribution in [0.25, 0.3) is 6.08 Å². The summed E-state index contributed by atoms with van der Waals surface area (Å²) in [5.74, 6) is 0.438. The molecule has 1 aromatic heterocycles. The lowest BCUT2D eigenvalue weighted by Crippen LogP contribution is -2.13.